The summed E-state index contributed by atoms with van der Waals surface area (Å²) in [4.78, 5) is 0. The molecule has 2 heterocycles. The zero-order valence-electron chi connectivity index (χ0n) is 7.46. The Morgan fingerprint density at radius 3 is 2.75 bits per heavy atom. The Balaban J connectivity index is 2.26. The van der Waals surface area contributed by atoms with Crippen molar-refractivity contribution >= 4 is 11.6 Å². The van der Waals surface area contributed by atoms with Gasteiger partial charge in [0.05, 0.1) is 23.7 Å². The standard InChI is InChI=1S/C9H15ClO2/c1-9(2)6-4-3-5(12-6)7(10)8(9)11/h5-8,11H,3-4H2,1-2H3/t5-,6+,7-,8+/m1/s1. The minimum atomic E-state index is -0.426. The van der Waals surface area contributed by atoms with Gasteiger partial charge in [-0.3, -0.25) is 0 Å². The van der Waals surface area contributed by atoms with E-state index < -0.39 is 6.10 Å². The Bertz CT molecular complexity index is 193. The molecule has 0 unspecified atom stereocenters. The van der Waals surface area contributed by atoms with Crippen LogP contribution in [0.5, 0.6) is 0 Å². The van der Waals surface area contributed by atoms with Crippen LogP contribution in [0.15, 0.2) is 0 Å². The molecule has 1 N–H and O–H groups in total. The molecule has 12 heavy (non-hydrogen) atoms. The maximum atomic E-state index is 9.87. The Kier molecular flexibility index (Phi) is 1.90. The molecule has 0 aliphatic carbocycles. The molecule has 2 aliphatic rings. The average molecular weight is 191 g/mol. The van der Waals surface area contributed by atoms with E-state index in [9.17, 15) is 5.11 Å². The van der Waals surface area contributed by atoms with Crippen LogP contribution in [0.25, 0.3) is 0 Å². The molecule has 0 saturated carbocycles. The van der Waals surface area contributed by atoms with Gasteiger partial charge in [0.15, 0.2) is 0 Å². The van der Waals surface area contributed by atoms with Gasteiger partial charge in [-0.25, -0.2) is 0 Å². The third-order valence-electron chi connectivity index (χ3n) is 3.30. The lowest BCUT2D eigenvalue weighted by atomic mass is 9.78. The topological polar surface area (TPSA) is 29.5 Å². The molecule has 2 aliphatic heterocycles. The number of hydrogen-bond acceptors (Lipinski definition) is 2. The van der Waals surface area contributed by atoms with Gasteiger partial charge in [0.1, 0.15) is 0 Å². The van der Waals surface area contributed by atoms with Crippen molar-refractivity contribution in [3.8, 4) is 0 Å². The molecule has 70 valence electrons. The number of ether oxygens (including phenoxy) is 1. The third-order valence-corrected chi connectivity index (χ3v) is 3.82. The van der Waals surface area contributed by atoms with Gasteiger partial charge < -0.3 is 9.84 Å². The summed E-state index contributed by atoms with van der Waals surface area (Å²) in [6.07, 6.45) is 1.90. The minimum Gasteiger partial charge on any atom is -0.391 e. The van der Waals surface area contributed by atoms with Gasteiger partial charge in [0.25, 0.3) is 0 Å². The molecule has 4 atom stereocenters. The molecule has 0 aromatic carbocycles. The predicted molar refractivity (Wildman–Crippen MR) is 47.3 cm³/mol. The second-order valence-corrected chi connectivity index (χ2v) is 4.96. The van der Waals surface area contributed by atoms with Crippen LogP contribution in [0, 0.1) is 5.41 Å². The Hall–Kier alpha value is 0.210. The first kappa shape index (κ1) is 8.79. The van der Waals surface area contributed by atoms with Gasteiger partial charge in [0, 0.05) is 5.41 Å². The summed E-state index contributed by atoms with van der Waals surface area (Å²) in [6, 6.07) is 0. The SMILES string of the molecule is CC1(C)[C@@H]2CC[C@@H](O2)[C@@H](Cl)[C@@H]1O. The van der Waals surface area contributed by atoms with Crippen molar-refractivity contribution in [3.63, 3.8) is 0 Å². The van der Waals surface area contributed by atoms with Crippen LogP contribution in [-0.2, 0) is 4.74 Å². The van der Waals surface area contributed by atoms with E-state index in [0.29, 0.717) is 0 Å². The highest BCUT2D eigenvalue weighted by atomic mass is 35.5. The van der Waals surface area contributed by atoms with Crippen LogP contribution in [-0.4, -0.2) is 28.8 Å². The van der Waals surface area contributed by atoms with Crippen molar-refractivity contribution in [3.05, 3.63) is 0 Å². The molecule has 2 bridgehead atoms. The fraction of sp³-hybridized carbons (Fsp3) is 1.00. The molecule has 0 aromatic heterocycles. The lowest BCUT2D eigenvalue weighted by Gasteiger charge is -2.43. The van der Waals surface area contributed by atoms with Gasteiger partial charge in [0.2, 0.25) is 0 Å². The largest absolute Gasteiger partial charge is 0.391 e. The molecule has 3 heteroatoms. The molecule has 2 fully saturated rings. The first-order valence-electron chi connectivity index (χ1n) is 4.51. The number of aliphatic hydroxyl groups is 1. The van der Waals surface area contributed by atoms with Crippen molar-refractivity contribution in [2.45, 2.75) is 50.4 Å². The second kappa shape index (κ2) is 2.60. The van der Waals surface area contributed by atoms with Crippen molar-refractivity contribution < 1.29 is 9.84 Å². The zero-order chi connectivity index (χ0) is 8.93. The maximum absolute atomic E-state index is 9.87. The van der Waals surface area contributed by atoms with Gasteiger partial charge in [-0.1, -0.05) is 13.8 Å². The van der Waals surface area contributed by atoms with E-state index >= 15 is 0 Å². The van der Waals surface area contributed by atoms with E-state index in [4.69, 9.17) is 16.3 Å². The summed E-state index contributed by atoms with van der Waals surface area (Å²) < 4.78 is 5.70. The predicted octanol–water partition coefficient (Wildman–Crippen LogP) is 1.54. The van der Waals surface area contributed by atoms with E-state index in [1.54, 1.807) is 0 Å². The number of rotatable bonds is 0. The Morgan fingerprint density at radius 2 is 2.08 bits per heavy atom. The van der Waals surface area contributed by atoms with Crippen LogP contribution in [0.4, 0.5) is 0 Å². The van der Waals surface area contributed by atoms with E-state index in [2.05, 4.69) is 0 Å². The highest BCUT2D eigenvalue weighted by Gasteiger charge is 2.52. The van der Waals surface area contributed by atoms with Crippen LogP contribution in [0.3, 0.4) is 0 Å². The quantitative estimate of drug-likeness (QED) is 0.588. The van der Waals surface area contributed by atoms with Crippen molar-refractivity contribution in [1.82, 2.24) is 0 Å². The molecule has 2 nitrogen and oxygen atoms in total. The second-order valence-electron chi connectivity index (χ2n) is 4.45. The normalized spacial score (nSPS) is 51.0. The van der Waals surface area contributed by atoms with Gasteiger partial charge >= 0.3 is 0 Å². The fourth-order valence-corrected chi connectivity index (χ4v) is 2.76. The third kappa shape index (κ3) is 1.02. The summed E-state index contributed by atoms with van der Waals surface area (Å²) in [5.74, 6) is 0. The zero-order valence-corrected chi connectivity index (χ0v) is 8.21. The monoisotopic (exact) mass is 190 g/mol. The molecule has 0 radical (unpaired) electrons. The van der Waals surface area contributed by atoms with Crippen LogP contribution >= 0.6 is 11.6 Å². The number of aliphatic hydroxyl groups excluding tert-OH is 1. The van der Waals surface area contributed by atoms with E-state index in [1.807, 2.05) is 13.8 Å². The molecule has 0 spiro atoms. The summed E-state index contributed by atoms with van der Waals surface area (Å²) in [7, 11) is 0. The van der Waals surface area contributed by atoms with E-state index in [-0.39, 0.29) is 23.0 Å². The smallest absolute Gasteiger partial charge is 0.0863 e. The van der Waals surface area contributed by atoms with Gasteiger partial charge in [-0.2, -0.15) is 0 Å². The summed E-state index contributed by atoms with van der Waals surface area (Å²) >= 11 is 6.07. The summed E-state index contributed by atoms with van der Waals surface area (Å²) in [6.45, 7) is 4.05. The highest BCUT2D eigenvalue weighted by Crippen LogP contribution is 2.46. The Labute approximate surface area is 77.9 Å². The number of alkyl halides is 1. The molecule has 2 saturated heterocycles. The maximum Gasteiger partial charge on any atom is 0.0863 e. The van der Waals surface area contributed by atoms with Crippen molar-refractivity contribution in [1.29, 1.82) is 0 Å². The lowest BCUT2D eigenvalue weighted by Crippen LogP contribution is -2.52. The number of hydrogen-bond donors (Lipinski definition) is 1. The summed E-state index contributed by atoms with van der Waals surface area (Å²) in [5.41, 5.74) is -0.181. The molecule has 0 amide bonds. The minimum absolute atomic E-state index is 0.0830. The number of halogens is 1. The summed E-state index contributed by atoms with van der Waals surface area (Å²) in [5, 5.41) is 9.65. The molecule has 2 rings (SSSR count). The van der Waals surface area contributed by atoms with Crippen molar-refractivity contribution in [2.24, 2.45) is 5.41 Å². The van der Waals surface area contributed by atoms with Crippen molar-refractivity contribution in [2.75, 3.05) is 0 Å². The van der Waals surface area contributed by atoms with Crippen LogP contribution < -0.4 is 0 Å². The average Bonchev–Trinajstić information content (AvgIpc) is 2.46. The fourth-order valence-electron chi connectivity index (χ4n) is 2.25. The van der Waals surface area contributed by atoms with Gasteiger partial charge in [-0.15, -0.1) is 11.6 Å². The van der Waals surface area contributed by atoms with Gasteiger partial charge in [-0.05, 0) is 12.8 Å². The molecular weight excluding hydrogens is 176 g/mol. The lowest BCUT2D eigenvalue weighted by molar-refractivity contribution is -0.134. The highest BCUT2D eigenvalue weighted by molar-refractivity contribution is 6.21. The van der Waals surface area contributed by atoms with Crippen LogP contribution in [0.1, 0.15) is 26.7 Å². The number of fused-ring (bicyclic) bond motifs is 2. The van der Waals surface area contributed by atoms with E-state index in [1.165, 1.54) is 0 Å². The first-order chi connectivity index (χ1) is 5.53. The first-order valence-corrected chi connectivity index (χ1v) is 4.94. The molecule has 0 aromatic rings. The van der Waals surface area contributed by atoms with E-state index in [0.717, 1.165) is 12.8 Å². The van der Waals surface area contributed by atoms with Crippen LogP contribution in [0.2, 0.25) is 0 Å². The molecular formula is C9H15ClO2. The Morgan fingerprint density at radius 1 is 1.42 bits per heavy atom.